The van der Waals surface area contributed by atoms with Crippen molar-refractivity contribution < 1.29 is 14.6 Å². The second-order valence-corrected chi connectivity index (χ2v) is 7.21. The molecule has 1 saturated heterocycles. The lowest BCUT2D eigenvalue weighted by atomic mass is 10.0. The van der Waals surface area contributed by atoms with Gasteiger partial charge in [-0.2, -0.15) is 5.10 Å². The lowest BCUT2D eigenvalue weighted by Crippen LogP contribution is -2.30. The molecule has 2 heterocycles. The van der Waals surface area contributed by atoms with Crippen LogP contribution in [0.3, 0.4) is 0 Å². The van der Waals surface area contributed by atoms with Gasteiger partial charge in [0.1, 0.15) is 5.75 Å². The van der Waals surface area contributed by atoms with Gasteiger partial charge in [0.25, 0.3) is 0 Å². The smallest absolute Gasteiger partial charge is 0.221 e. The van der Waals surface area contributed by atoms with Crippen molar-refractivity contribution in [1.29, 1.82) is 0 Å². The normalized spacial score (nSPS) is 20.0. The number of amides is 1. The summed E-state index contributed by atoms with van der Waals surface area (Å²) in [4.78, 5) is 14.3. The van der Waals surface area contributed by atoms with E-state index in [2.05, 4.69) is 20.4 Å². The Hall–Kier alpha value is -2.38. The van der Waals surface area contributed by atoms with E-state index in [0.717, 1.165) is 35.7 Å². The summed E-state index contributed by atoms with van der Waals surface area (Å²) in [7, 11) is 1.63. The third-order valence-corrected chi connectivity index (χ3v) is 5.02. The molecule has 0 aliphatic carbocycles. The van der Waals surface area contributed by atoms with Gasteiger partial charge in [-0.05, 0) is 37.1 Å². The number of aryl methyl sites for hydroxylation is 1. The Morgan fingerprint density at radius 1 is 1.37 bits per heavy atom. The molecule has 27 heavy (non-hydrogen) atoms. The van der Waals surface area contributed by atoms with E-state index in [1.54, 1.807) is 7.11 Å². The van der Waals surface area contributed by atoms with Crippen LogP contribution in [0.5, 0.6) is 5.75 Å². The third-order valence-electron chi connectivity index (χ3n) is 5.02. The summed E-state index contributed by atoms with van der Waals surface area (Å²) in [6.07, 6.45) is 0.812. The summed E-state index contributed by atoms with van der Waals surface area (Å²) in [6.45, 7) is 4.53. The van der Waals surface area contributed by atoms with Crippen LogP contribution >= 0.6 is 0 Å². The number of hydrogen-bond donors (Lipinski definition) is 3. The first-order chi connectivity index (χ1) is 13.0. The summed E-state index contributed by atoms with van der Waals surface area (Å²) in [6, 6.07) is 9.67. The molecule has 2 aromatic rings. The molecular weight excluding hydrogens is 344 g/mol. The molecule has 0 radical (unpaired) electrons. The first kappa shape index (κ1) is 19.4. The molecule has 7 heteroatoms. The van der Waals surface area contributed by atoms with Crippen LogP contribution in [0.2, 0.25) is 0 Å². The van der Waals surface area contributed by atoms with Crippen LogP contribution in [0.25, 0.3) is 0 Å². The van der Waals surface area contributed by atoms with E-state index in [1.807, 2.05) is 37.3 Å². The number of methoxy groups -OCH3 is 1. The Bertz CT molecular complexity index is 744. The SMILES string of the molecule is COc1ccc(CNC(=O)CCN2C[C@@H](Cc3cc(C)[nH]n3)[C@H](O)C2)cc1. The Morgan fingerprint density at radius 2 is 2.15 bits per heavy atom. The molecule has 1 amide bonds. The number of aliphatic hydroxyl groups excluding tert-OH is 1. The van der Waals surface area contributed by atoms with E-state index < -0.39 is 0 Å². The fourth-order valence-corrected chi connectivity index (χ4v) is 3.46. The molecule has 146 valence electrons. The largest absolute Gasteiger partial charge is 0.497 e. The zero-order valence-electron chi connectivity index (χ0n) is 15.9. The number of ether oxygens (including phenoxy) is 1. The molecule has 7 nitrogen and oxygen atoms in total. The molecule has 0 unspecified atom stereocenters. The molecule has 0 spiro atoms. The fourth-order valence-electron chi connectivity index (χ4n) is 3.46. The maximum absolute atomic E-state index is 12.1. The van der Waals surface area contributed by atoms with E-state index >= 15 is 0 Å². The van der Waals surface area contributed by atoms with Crippen molar-refractivity contribution >= 4 is 5.91 Å². The average Bonchev–Trinajstić information content (AvgIpc) is 3.24. The summed E-state index contributed by atoms with van der Waals surface area (Å²) < 4.78 is 5.13. The molecular formula is C20H28N4O3. The quantitative estimate of drug-likeness (QED) is 0.649. The Morgan fingerprint density at radius 3 is 2.81 bits per heavy atom. The van der Waals surface area contributed by atoms with Gasteiger partial charge in [0, 0.05) is 44.2 Å². The standard InChI is InChI=1S/C20H28N4O3/c1-14-9-17(23-22-14)10-16-12-24(13-19(16)25)8-7-20(26)21-11-15-3-5-18(27-2)6-4-15/h3-6,9,16,19,25H,7-8,10-13H2,1-2H3,(H,21,26)(H,22,23)/t16-,19-/m1/s1. The minimum Gasteiger partial charge on any atom is -0.497 e. The summed E-state index contributed by atoms with van der Waals surface area (Å²) >= 11 is 0. The minimum absolute atomic E-state index is 0.0201. The van der Waals surface area contributed by atoms with Crippen molar-refractivity contribution in [2.45, 2.75) is 32.4 Å². The van der Waals surface area contributed by atoms with Crippen LogP contribution in [0.15, 0.2) is 30.3 Å². The number of carbonyl (C=O) groups excluding carboxylic acids is 1. The highest BCUT2D eigenvalue weighted by Crippen LogP contribution is 2.21. The number of rotatable bonds is 8. The van der Waals surface area contributed by atoms with Gasteiger partial charge in [-0.15, -0.1) is 0 Å². The molecule has 0 saturated carbocycles. The van der Waals surface area contributed by atoms with Gasteiger partial charge in [0.2, 0.25) is 5.91 Å². The minimum atomic E-state index is -0.371. The molecule has 3 N–H and O–H groups in total. The van der Waals surface area contributed by atoms with Gasteiger partial charge >= 0.3 is 0 Å². The number of nitrogens with one attached hydrogen (secondary N) is 2. The molecule has 1 aliphatic rings. The number of hydrogen-bond acceptors (Lipinski definition) is 5. The number of H-pyrrole nitrogens is 1. The van der Waals surface area contributed by atoms with E-state index in [4.69, 9.17) is 4.74 Å². The number of β-amino-alcohol motifs (C(OH)–C–C–N with tert-alkyl or cyclic N) is 1. The van der Waals surface area contributed by atoms with Gasteiger partial charge in [-0.25, -0.2) is 0 Å². The lowest BCUT2D eigenvalue weighted by Gasteiger charge is -2.15. The van der Waals surface area contributed by atoms with E-state index in [0.29, 0.717) is 26.1 Å². The number of likely N-dealkylation sites (tertiary alicyclic amines) is 1. The summed E-state index contributed by atoms with van der Waals surface area (Å²) in [5, 5.41) is 20.4. The van der Waals surface area contributed by atoms with Crippen LogP contribution in [0.4, 0.5) is 0 Å². The highest BCUT2D eigenvalue weighted by Gasteiger charge is 2.31. The zero-order valence-corrected chi connectivity index (χ0v) is 15.9. The number of aromatic amines is 1. The lowest BCUT2D eigenvalue weighted by molar-refractivity contribution is -0.121. The topological polar surface area (TPSA) is 90.5 Å². The Balaban J connectivity index is 1.38. The summed E-state index contributed by atoms with van der Waals surface area (Å²) in [5.41, 5.74) is 3.05. The molecule has 3 rings (SSSR count). The molecule has 1 fully saturated rings. The first-order valence-corrected chi connectivity index (χ1v) is 9.34. The van der Waals surface area contributed by atoms with Crippen molar-refractivity contribution in [2.24, 2.45) is 5.92 Å². The molecule has 1 aromatic heterocycles. The number of carbonyl (C=O) groups is 1. The highest BCUT2D eigenvalue weighted by molar-refractivity contribution is 5.76. The van der Waals surface area contributed by atoms with Crippen LogP contribution in [0.1, 0.15) is 23.4 Å². The number of benzene rings is 1. The Kier molecular flexibility index (Phi) is 6.47. The van der Waals surface area contributed by atoms with Gasteiger partial charge in [0.05, 0.1) is 18.9 Å². The number of aromatic nitrogens is 2. The third kappa shape index (κ3) is 5.55. The van der Waals surface area contributed by atoms with E-state index in [-0.39, 0.29) is 17.9 Å². The van der Waals surface area contributed by atoms with E-state index in [9.17, 15) is 9.90 Å². The molecule has 0 bridgehead atoms. The van der Waals surface area contributed by atoms with Gasteiger partial charge < -0.3 is 15.2 Å². The monoisotopic (exact) mass is 372 g/mol. The second-order valence-electron chi connectivity index (χ2n) is 7.21. The van der Waals surface area contributed by atoms with Gasteiger partial charge in [-0.1, -0.05) is 12.1 Å². The van der Waals surface area contributed by atoms with Crippen molar-refractivity contribution in [3.63, 3.8) is 0 Å². The number of aliphatic hydroxyl groups is 1. The molecule has 1 aliphatic heterocycles. The zero-order chi connectivity index (χ0) is 19.2. The van der Waals surface area contributed by atoms with Gasteiger partial charge in [0.15, 0.2) is 0 Å². The van der Waals surface area contributed by atoms with Crippen molar-refractivity contribution in [2.75, 3.05) is 26.7 Å². The molecule has 2 atom stereocenters. The maximum atomic E-state index is 12.1. The second kappa shape index (κ2) is 9.01. The van der Waals surface area contributed by atoms with Crippen molar-refractivity contribution in [3.8, 4) is 5.75 Å². The average molecular weight is 372 g/mol. The highest BCUT2D eigenvalue weighted by atomic mass is 16.5. The maximum Gasteiger partial charge on any atom is 0.221 e. The Labute approximate surface area is 159 Å². The molecule has 1 aromatic carbocycles. The van der Waals surface area contributed by atoms with Crippen LogP contribution in [-0.4, -0.2) is 59.0 Å². The van der Waals surface area contributed by atoms with Crippen LogP contribution in [0, 0.1) is 12.8 Å². The fraction of sp³-hybridized carbons (Fsp3) is 0.500. The predicted molar refractivity (Wildman–Crippen MR) is 102 cm³/mol. The predicted octanol–water partition coefficient (Wildman–Crippen LogP) is 1.27. The van der Waals surface area contributed by atoms with E-state index in [1.165, 1.54) is 0 Å². The number of nitrogens with zero attached hydrogens (tertiary/aromatic N) is 2. The van der Waals surface area contributed by atoms with Gasteiger partial charge in [-0.3, -0.25) is 14.8 Å². The van der Waals surface area contributed by atoms with Crippen LogP contribution in [-0.2, 0) is 17.8 Å². The van der Waals surface area contributed by atoms with Crippen molar-refractivity contribution in [3.05, 3.63) is 47.3 Å². The summed E-state index contributed by atoms with van der Waals surface area (Å²) in [5.74, 6) is 0.985. The first-order valence-electron chi connectivity index (χ1n) is 9.34. The van der Waals surface area contributed by atoms with Crippen LogP contribution < -0.4 is 10.1 Å². The van der Waals surface area contributed by atoms with Crippen molar-refractivity contribution in [1.82, 2.24) is 20.4 Å².